The predicted octanol–water partition coefficient (Wildman–Crippen LogP) is 3.77. The van der Waals surface area contributed by atoms with Gasteiger partial charge in [-0.2, -0.15) is 0 Å². The largest absolute Gasteiger partial charge is 0.477 e. The Balaban J connectivity index is 1.30. The zero-order chi connectivity index (χ0) is 20.8. The molecule has 4 rings (SSSR count). The molecule has 0 radical (unpaired) electrons. The van der Waals surface area contributed by atoms with Crippen molar-refractivity contribution in [2.45, 2.75) is 50.9 Å². The molecular formula is C24H30N2O4. The molecule has 2 aliphatic rings. The Labute approximate surface area is 178 Å². The second-order valence-electron chi connectivity index (χ2n) is 7.93. The summed E-state index contributed by atoms with van der Waals surface area (Å²) in [6.45, 7) is 7.75. The van der Waals surface area contributed by atoms with Gasteiger partial charge < -0.3 is 18.9 Å². The normalized spacial score (nSPS) is 23.2. The molecule has 0 saturated carbocycles. The van der Waals surface area contributed by atoms with Crippen LogP contribution in [-0.4, -0.2) is 42.5 Å². The molecule has 0 amide bonds. The lowest BCUT2D eigenvalue weighted by Gasteiger charge is -2.24. The Bertz CT molecular complexity index is 855. The van der Waals surface area contributed by atoms with Gasteiger partial charge in [-0.15, -0.1) is 6.58 Å². The summed E-state index contributed by atoms with van der Waals surface area (Å²) in [6, 6.07) is 8.34. The van der Waals surface area contributed by atoms with E-state index in [1.54, 1.807) is 12.4 Å². The highest BCUT2D eigenvalue weighted by atomic mass is 16.7. The summed E-state index contributed by atoms with van der Waals surface area (Å²) >= 11 is 0. The first kappa shape index (κ1) is 21.0. The van der Waals surface area contributed by atoms with Gasteiger partial charge in [-0.25, -0.2) is 9.97 Å². The van der Waals surface area contributed by atoms with Gasteiger partial charge in [-0.05, 0) is 38.2 Å². The number of rotatable bonds is 9. The van der Waals surface area contributed by atoms with E-state index >= 15 is 0 Å². The molecule has 1 fully saturated rings. The van der Waals surface area contributed by atoms with Gasteiger partial charge >= 0.3 is 0 Å². The Morgan fingerprint density at radius 2 is 2.03 bits per heavy atom. The van der Waals surface area contributed by atoms with Gasteiger partial charge in [0.05, 0.1) is 32.1 Å². The number of ether oxygens (including phenoxy) is 4. The van der Waals surface area contributed by atoms with E-state index in [-0.39, 0.29) is 6.10 Å². The van der Waals surface area contributed by atoms with E-state index in [0.29, 0.717) is 26.4 Å². The molecule has 1 aromatic heterocycles. The quantitative estimate of drug-likeness (QED) is 0.463. The van der Waals surface area contributed by atoms with Crippen molar-refractivity contribution in [1.82, 2.24) is 9.97 Å². The maximum absolute atomic E-state index is 6.09. The SMILES string of the molecule is C=CCOCC1COC(C)(c2ccc(CCOc3ncnc4c3CCCC4)cc2)O1. The zero-order valence-corrected chi connectivity index (χ0v) is 17.6. The van der Waals surface area contributed by atoms with Crippen molar-refractivity contribution in [3.8, 4) is 5.88 Å². The number of hydrogen-bond donors (Lipinski definition) is 0. The van der Waals surface area contributed by atoms with Crippen LogP contribution in [0.4, 0.5) is 0 Å². The molecule has 1 aliphatic carbocycles. The minimum absolute atomic E-state index is 0.0678. The fraction of sp³-hybridized carbons (Fsp3) is 0.500. The van der Waals surface area contributed by atoms with Crippen LogP contribution in [0, 0.1) is 0 Å². The molecule has 6 nitrogen and oxygen atoms in total. The van der Waals surface area contributed by atoms with Crippen LogP contribution in [0.25, 0.3) is 0 Å². The molecular weight excluding hydrogens is 380 g/mol. The van der Waals surface area contributed by atoms with Crippen LogP contribution < -0.4 is 4.74 Å². The average molecular weight is 411 g/mol. The van der Waals surface area contributed by atoms with Crippen LogP contribution in [0.1, 0.15) is 42.1 Å². The van der Waals surface area contributed by atoms with E-state index in [0.717, 1.165) is 36.4 Å². The monoisotopic (exact) mass is 410 g/mol. The molecule has 0 spiro atoms. The van der Waals surface area contributed by atoms with E-state index in [1.165, 1.54) is 24.0 Å². The van der Waals surface area contributed by atoms with Gasteiger partial charge in [0.25, 0.3) is 0 Å². The first-order valence-electron chi connectivity index (χ1n) is 10.7. The van der Waals surface area contributed by atoms with Crippen molar-refractivity contribution in [2.75, 3.05) is 26.4 Å². The van der Waals surface area contributed by atoms with E-state index in [1.807, 2.05) is 6.92 Å². The minimum Gasteiger partial charge on any atom is -0.477 e. The second-order valence-corrected chi connectivity index (χ2v) is 7.93. The number of nitrogens with zero attached hydrogens (tertiary/aromatic N) is 2. The summed E-state index contributed by atoms with van der Waals surface area (Å²) < 4.78 is 23.5. The topological polar surface area (TPSA) is 62.7 Å². The molecule has 0 bridgehead atoms. The van der Waals surface area contributed by atoms with Crippen LogP contribution in [0.15, 0.2) is 43.2 Å². The number of aryl methyl sites for hydroxylation is 1. The first-order chi connectivity index (χ1) is 14.7. The summed E-state index contributed by atoms with van der Waals surface area (Å²) in [5.74, 6) is 0.0124. The number of benzene rings is 1. The van der Waals surface area contributed by atoms with Gasteiger partial charge in [0, 0.05) is 17.5 Å². The molecule has 2 unspecified atom stereocenters. The van der Waals surface area contributed by atoms with Crippen molar-refractivity contribution in [3.05, 3.63) is 65.6 Å². The second kappa shape index (κ2) is 9.69. The highest BCUT2D eigenvalue weighted by Crippen LogP contribution is 2.34. The average Bonchev–Trinajstić information content (AvgIpc) is 3.17. The van der Waals surface area contributed by atoms with Gasteiger partial charge in [0.15, 0.2) is 5.79 Å². The van der Waals surface area contributed by atoms with Gasteiger partial charge in [-0.1, -0.05) is 30.3 Å². The number of aromatic nitrogens is 2. The standard InChI is InChI=1S/C24H30N2O4/c1-3-13-27-15-20-16-29-24(2,30-20)19-10-8-18(9-11-19)12-14-28-23-21-6-4-5-7-22(21)25-17-26-23/h3,8-11,17,20H,1,4-7,12-16H2,2H3. The molecule has 2 aromatic rings. The summed E-state index contributed by atoms with van der Waals surface area (Å²) in [5, 5.41) is 0. The predicted molar refractivity (Wildman–Crippen MR) is 114 cm³/mol. The number of fused-ring (bicyclic) bond motifs is 1. The maximum Gasteiger partial charge on any atom is 0.219 e. The fourth-order valence-corrected chi connectivity index (χ4v) is 4.01. The highest BCUT2D eigenvalue weighted by molar-refractivity contribution is 5.32. The third-order valence-electron chi connectivity index (χ3n) is 5.67. The van der Waals surface area contributed by atoms with Gasteiger partial charge in [-0.3, -0.25) is 0 Å². The Hall–Kier alpha value is -2.28. The molecule has 1 aromatic carbocycles. The Morgan fingerprint density at radius 1 is 1.20 bits per heavy atom. The molecule has 160 valence electrons. The third-order valence-corrected chi connectivity index (χ3v) is 5.67. The van der Waals surface area contributed by atoms with Crippen LogP contribution >= 0.6 is 0 Å². The van der Waals surface area contributed by atoms with Crippen LogP contribution in [0.5, 0.6) is 5.88 Å². The van der Waals surface area contributed by atoms with E-state index in [4.69, 9.17) is 18.9 Å². The molecule has 1 aliphatic heterocycles. The van der Waals surface area contributed by atoms with Crippen molar-refractivity contribution in [3.63, 3.8) is 0 Å². The van der Waals surface area contributed by atoms with Crippen LogP contribution in [0.2, 0.25) is 0 Å². The van der Waals surface area contributed by atoms with Crippen LogP contribution in [-0.2, 0) is 39.3 Å². The molecule has 6 heteroatoms. The molecule has 0 N–H and O–H groups in total. The minimum atomic E-state index is -0.739. The smallest absolute Gasteiger partial charge is 0.219 e. The summed E-state index contributed by atoms with van der Waals surface area (Å²) in [5.41, 5.74) is 4.54. The first-order valence-corrected chi connectivity index (χ1v) is 10.7. The fourth-order valence-electron chi connectivity index (χ4n) is 4.01. The van der Waals surface area contributed by atoms with E-state index in [2.05, 4.69) is 40.8 Å². The number of hydrogen-bond acceptors (Lipinski definition) is 6. The van der Waals surface area contributed by atoms with E-state index < -0.39 is 5.79 Å². The molecule has 2 atom stereocenters. The van der Waals surface area contributed by atoms with Crippen molar-refractivity contribution in [1.29, 1.82) is 0 Å². The summed E-state index contributed by atoms with van der Waals surface area (Å²) in [4.78, 5) is 8.75. The maximum atomic E-state index is 6.09. The third kappa shape index (κ3) is 4.89. The molecule has 2 heterocycles. The lowest BCUT2D eigenvalue weighted by Crippen LogP contribution is -2.25. The van der Waals surface area contributed by atoms with Gasteiger partial charge in [0.2, 0.25) is 5.88 Å². The van der Waals surface area contributed by atoms with Crippen molar-refractivity contribution in [2.24, 2.45) is 0 Å². The zero-order valence-electron chi connectivity index (χ0n) is 17.6. The van der Waals surface area contributed by atoms with Crippen LogP contribution in [0.3, 0.4) is 0 Å². The highest BCUT2D eigenvalue weighted by Gasteiger charge is 2.38. The lowest BCUT2D eigenvalue weighted by molar-refractivity contribution is -0.167. The van der Waals surface area contributed by atoms with Crippen molar-refractivity contribution >= 4 is 0 Å². The Morgan fingerprint density at radius 3 is 2.87 bits per heavy atom. The molecule has 1 saturated heterocycles. The lowest BCUT2D eigenvalue weighted by atomic mass is 9.97. The van der Waals surface area contributed by atoms with Gasteiger partial charge in [0.1, 0.15) is 12.4 Å². The Kier molecular flexibility index (Phi) is 6.77. The van der Waals surface area contributed by atoms with E-state index in [9.17, 15) is 0 Å². The molecule has 30 heavy (non-hydrogen) atoms. The van der Waals surface area contributed by atoms with Crippen molar-refractivity contribution < 1.29 is 18.9 Å². The summed E-state index contributed by atoms with van der Waals surface area (Å²) in [6.07, 6.45) is 8.52. The summed E-state index contributed by atoms with van der Waals surface area (Å²) in [7, 11) is 0.